The van der Waals surface area contributed by atoms with Gasteiger partial charge in [-0.3, -0.25) is 4.79 Å². The predicted octanol–water partition coefficient (Wildman–Crippen LogP) is 4.19. The summed E-state index contributed by atoms with van der Waals surface area (Å²) < 4.78 is 10.4. The van der Waals surface area contributed by atoms with Crippen LogP contribution in [-0.2, 0) is 19.1 Å². The van der Waals surface area contributed by atoms with Crippen molar-refractivity contribution in [2.75, 3.05) is 13.2 Å². The molecular formula is C21H42O4Si2. The molecule has 0 fully saturated rings. The first-order valence-electron chi connectivity index (χ1n) is 11.1. The normalized spacial score (nSPS) is 11.5. The number of hydrogen-bond acceptors (Lipinski definition) is 4. The van der Waals surface area contributed by atoms with Gasteiger partial charge in [0.2, 0.25) is 0 Å². The number of hydrogen-bond donors (Lipinski definition) is 0. The van der Waals surface area contributed by atoms with Crippen LogP contribution in [0.1, 0.15) is 71.6 Å². The van der Waals surface area contributed by atoms with Crippen LogP contribution < -0.4 is 0 Å². The summed E-state index contributed by atoms with van der Waals surface area (Å²) in [6.07, 6.45) is 9.35. The lowest BCUT2D eigenvalue weighted by Crippen LogP contribution is -2.14. The Balaban J connectivity index is 3.54. The van der Waals surface area contributed by atoms with Crippen molar-refractivity contribution in [1.82, 2.24) is 0 Å². The molecule has 0 aromatic heterocycles. The van der Waals surface area contributed by atoms with Crippen LogP contribution in [0.5, 0.6) is 0 Å². The fourth-order valence-corrected chi connectivity index (χ4v) is 6.70. The summed E-state index contributed by atoms with van der Waals surface area (Å²) in [5.41, 5.74) is 0.198. The molecule has 0 rings (SSSR count). The molecule has 158 valence electrons. The standard InChI is InChI=1S/C21H42O4Si2/c1-4-6-14-26-16-10-8-12-24-20(22)18-19(3)21(23)25-13-9-11-17-27-15-7-5-2/h3-18,26-27H2,1-2H3. The number of carbonyl (C=O) groups excluding carboxylic acids is 2. The van der Waals surface area contributed by atoms with E-state index in [4.69, 9.17) is 9.47 Å². The van der Waals surface area contributed by atoms with Crippen molar-refractivity contribution < 1.29 is 19.1 Å². The van der Waals surface area contributed by atoms with Gasteiger partial charge >= 0.3 is 11.9 Å². The predicted molar refractivity (Wildman–Crippen MR) is 120 cm³/mol. The molecule has 0 saturated heterocycles. The molecule has 0 heterocycles. The lowest BCUT2D eigenvalue weighted by Gasteiger charge is -2.08. The number of rotatable bonds is 19. The molecule has 0 atom stereocenters. The van der Waals surface area contributed by atoms with Gasteiger partial charge in [-0.05, 0) is 12.8 Å². The van der Waals surface area contributed by atoms with E-state index in [2.05, 4.69) is 20.4 Å². The van der Waals surface area contributed by atoms with Crippen LogP contribution in [0, 0.1) is 0 Å². The number of unbranched alkanes of at least 4 members (excludes halogenated alkanes) is 4. The Bertz CT molecular complexity index is 400. The fraction of sp³-hybridized carbons (Fsp3) is 0.810. The van der Waals surface area contributed by atoms with Gasteiger partial charge in [0.25, 0.3) is 0 Å². The molecule has 0 aromatic carbocycles. The molecule has 0 aliphatic rings. The first-order valence-corrected chi connectivity index (χ1v) is 15.1. The Morgan fingerprint density at radius 3 is 1.74 bits per heavy atom. The van der Waals surface area contributed by atoms with Crippen LogP contribution in [-0.4, -0.2) is 44.2 Å². The Morgan fingerprint density at radius 1 is 0.741 bits per heavy atom. The summed E-state index contributed by atoms with van der Waals surface area (Å²) in [5, 5.41) is 0. The highest BCUT2D eigenvalue weighted by atomic mass is 28.2. The Morgan fingerprint density at radius 2 is 1.22 bits per heavy atom. The first-order chi connectivity index (χ1) is 13.1. The maximum atomic E-state index is 11.8. The highest BCUT2D eigenvalue weighted by Crippen LogP contribution is 2.07. The lowest BCUT2D eigenvalue weighted by atomic mass is 10.2. The zero-order valence-electron chi connectivity index (χ0n) is 17.9. The van der Waals surface area contributed by atoms with Crippen molar-refractivity contribution in [3.05, 3.63) is 12.2 Å². The number of ether oxygens (including phenoxy) is 2. The van der Waals surface area contributed by atoms with Crippen LogP contribution in [0.15, 0.2) is 12.2 Å². The van der Waals surface area contributed by atoms with E-state index in [0.717, 1.165) is 25.7 Å². The molecule has 0 amide bonds. The van der Waals surface area contributed by atoms with Gasteiger partial charge in [0.05, 0.1) is 19.6 Å². The van der Waals surface area contributed by atoms with Crippen molar-refractivity contribution >= 4 is 31.0 Å². The van der Waals surface area contributed by atoms with E-state index in [0.29, 0.717) is 13.2 Å². The third-order valence-electron chi connectivity index (χ3n) is 4.64. The molecule has 0 bridgehead atoms. The fourth-order valence-electron chi connectivity index (χ4n) is 2.87. The molecule has 6 heteroatoms. The van der Waals surface area contributed by atoms with Gasteiger partial charge in [0.1, 0.15) is 0 Å². The van der Waals surface area contributed by atoms with E-state index < -0.39 is 5.97 Å². The summed E-state index contributed by atoms with van der Waals surface area (Å²) in [4.78, 5) is 23.6. The lowest BCUT2D eigenvalue weighted by molar-refractivity contribution is -0.146. The van der Waals surface area contributed by atoms with Gasteiger partial charge in [-0.1, -0.05) is 83.1 Å². The third-order valence-corrected chi connectivity index (χ3v) is 8.64. The molecule has 0 saturated carbocycles. The Hall–Kier alpha value is -0.886. The largest absolute Gasteiger partial charge is 0.465 e. The van der Waals surface area contributed by atoms with Crippen LogP contribution in [0.3, 0.4) is 0 Å². The molecule has 0 aliphatic carbocycles. The average molecular weight is 415 g/mol. The summed E-state index contributed by atoms with van der Waals surface area (Å²) >= 11 is 0. The average Bonchev–Trinajstić information content (AvgIpc) is 2.65. The quantitative estimate of drug-likeness (QED) is 0.138. The van der Waals surface area contributed by atoms with Gasteiger partial charge < -0.3 is 9.47 Å². The maximum absolute atomic E-state index is 11.8. The molecule has 0 spiro atoms. The van der Waals surface area contributed by atoms with Crippen molar-refractivity contribution in [3.8, 4) is 0 Å². The third kappa shape index (κ3) is 18.3. The topological polar surface area (TPSA) is 52.6 Å². The minimum atomic E-state index is -0.461. The molecule has 0 unspecified atom stereocenters. The van der Waals surface area contributed by atoms with E-state index >= 15 is 0 Å². The second-order valence-electron chi connectivity index (χ2n) is 7.38. The van der Waals surface area contributed by atoms with E-state index in [-0.39, 0.29) is 37.0 Å². The maximum Gasteiger partial charge on any atom is 0.333 e. The molecule has 0 radical (unpaired) electrons. The molecular weight excluding hydrogens is 372 g/mol. The minimum absolute atomic E-state index is 0.0615. The van der Waals surface area contributed by atoms with E-state index in [9.17, 15) is 9.59 Å². The van der Waals surface area contributed by atoms with E-state index in [1.54, 1.807) is 0 Å². The monoisotopic (exact) mass is 414 g/mol. The van der Waals surface area contributed by atoms with Crippen molar-refractivity contribution in [3.63, 3.8) is 0 Å². The summed E-state index contributed by atoms with van der Waals surface area (Å²) in [5.74, 6) is -0.834. The van der Waals surface area contributed by atoms with Gasteiger partial charge in [-0.15, -0.1) is 0 Å². The van der Waals surface area contributed by atoms with Crippen molar-refractivity contribution in [1.29, 1.82) is 0 Å². The molecule has 4 nitrogen and oxygen atoms in total. The Kier molecular flexibility index (Phi) is 19.2. The van der Waals surface area contributed by atoms with E-state index in [1.807, 2.05) is 0 Å². The highest BCUT2D eigenvalue weighted by molar-refractivity contribution is 6.35. The van der Waals surface area contributed by atoms with Crippen LogP contribution in [0.25, 0.3) is 0 Å². The van der Waals surface area contributed by atoms with E-state index in [1.165, 1.54) is 49.9 Å². The van der Waals surface area contributed by atoms with Gasteiger partial charge in [-0.2, -0.15) is 0 Å². The number of carbonyl (C=O) groups is 2. The minimum Gasteiger partial charge on any atom is -0.465 e. The zero-order valence-corrected chi connectivity index (χ0v) is 20.7. The molecule has 0 aromatic rings. The van der Waals surface area contributed by atoms with Gasteiger partial charge in [0.15, 0.2) is 0 Å². The summed E-state index contributed by atoms with van der Waals surface area (Å²) in [7, 11) is 0.179. The number of esters is 2. The second kappa shape index (κ2) is 19.9. The highest BCUT2D eigenvalue weighted by Gasteiger charge is 2.14. The van der Waals surface area contributed by atoms with Gasteiger partial charge in [-0.25, -0.2) is 4.79 Å². The molecule has 0 N–H and O–H groups in total. The van der Waals surface area contributed by atoms with Crippen LogP contribution >= 0.6 is 0 Å². The smallest absolute Gasteiger partial charge is 0.333 e. The van der Waals surface area contributed by atoms with Crippen molar-refractivity contribution in [2.45, 2.75) is 95.8 Å². The second-order valence-corrected chi connectivity index (χ2v) is 11.6. The Labute approximate surface area is 171 Å². The summed E-state index contributed by atoms with van der Waals surface area (Å²) in [6.45, 7) is 9.00. The van der Waals surface area contributed by atoms with Crippen LogP contribution in [0.2, 0.25) is 24.2 Å². The summed E-state index contributed by atoms with van der Waals surface area (Å²) in [6, 6.07) is 5.51. The molecule has 0 aliphatic heterocycles. The zero-order chi connectivity index (χ0) is 20.2. The SMILES string of the molecule is C=C(CC(=O)OCCCC[SiH2]CCCC)C(=O)OCCCC[SiH2]CCCC. The van der Waals surface area contributed by atoms with Gasteiger partial charge in [0, 0.05) is 24.6 Å². The molecule has 27 heavy (non-hydrogen) atoms. The van der Waals surface area contributed by atoms with Crippen LogP contribution in [0.4, 0.5) is 0 Å². The van der Waals surface area contributed by atoms with Crippen molar-refractivity contribution in [2.24, 2.45) is 0 Å². The first kappa shape index (κ1) is 26.1.